The number of likely N-dealkylation sites (N-methyl/N-ethyl adjacent to an activating group) is 1. The van der Waals surface area contributed by atoms with E-state index in [1.165, 1.54) is 12.1 Å². The molecular weight excluding hydrogens is 505 g/mol. The van der Waals surface area contributed by atoms with Gasteiger partial charge in [-0.2, -0.15) is 5.10 Å². The molecule has 6 aromatic rings. The zero-order valence-corrected chi connectivity index (χ0v) is 22.9. The first-order chi connectivity index (χ1) is 19.4. The van der Waals surface area contributed by atoms with Crippen molar-refractivity contribution in [3.05, 3.63) is 79.0 Å². The largest absolute Gasteiger partial charge is 0.492 e. The molecule has 4 aromatic heterocycles. The Kier molecular flexibility index (Phi) is 6.65. The summed E-state index contributed by atoms with van der Waals surface area (Å²) in [7, 11) is 7.93. The summed E-state index contributed by atoms with van der Waals surface area (Å²) < 4.78 is 20.5. The van der Waals surface area contributed by atoms with Crippen molar-refractivity contribution in [3.8, 4) is 39.4 Å². The third-order valence-corrected chi connectivity index (χ3v) is 6.90. The van der Waals surface area contributed by atoms with Crippen molar-refractivity contribution in [1.82, 2.24) is 30.0 Å². The minimum atomic E-state index is -0.338. The molecule has 6 rings (SSSR count). The third-order valence-electron chi connectivity index (χ3n) is 6.90. The smallest absolute Gasteiger partial charge is 0.155 e. The predicted molar refractivity (Wildman–Crippen MR) is 158 cm³/mol. The number of pyridine rings is 2. The van der Waals surface area contributed by atoms with Crippen molar-refractivity contribution in [2.45, 2.75) is 0 Å². The van der Waals surface area contributed by atoms with Crippen molar-refractivity contribution in [1.29, 1.82) is 0 Å². The fraction of sp³-hybridized carbons (Fsp3) is 0.194. The van der Waals surface area contributed by atoms with Gasteiger partial charge in [0, 0.05) is 66.5 Å². The van der Waals surface area contributed by atoms with E-state index >= 15 is 0 Å². The summed E-state index contributed by atoms with van der Waals surface area (Å²) in [5.74, 6) is 0.171. The molecule has 0 radical (unpaired) electrons. The molecule has 2 N–H and O–H groups in total. The molecule has 0 atom stereocenters. The number of nitrogens with zero attached hydrogens (tertiary/aromatic N) is 5. The number of benzene rings is 2. The van der Waals surface area contributed by atoms with Gasteiger partial charge < -0.3 is 19.5 Å². The van der Waals surface area contributed by atoms with E-state index in [-0.39, 0.29) is 5.82 Å². The summed E-state index contributed by atoms with van der Waals surface area (Å²) in [5.41, 5.74) is 7.81. The van der Waals surface area contributed by atoms with Crippen LogP contribution in [0.4, 0.5) is 10.1 Å². The fourth-order valence-electron chi connectivity index (χ4n) is 4.78. The molecule has 0 fully saturated rings. The normalized spacial score (nSPS) is 11.6. The van der Waals surface area contributed by atoms with E-state index in [9.17, 15) is 4.39 Å². The van der Waals surface area contributed by atoms with Gasteiger partial charge >= 0.3 is 0 Å². The van der Waals surface area contributed by atoms with Gasteiger partial charge in [0.1, 0.15) is 23.9 Å². The number of halogens is 1. The van der Waals surface area contributed by atoms with Crippen LogP contribution in [0.15, 0.2) is 73.2 Å². The standard InChI is InChI=1S/C31H30FN7O/c1-38(2)8-9-40-24-12-19(10-22(32)14-24)25-6-5-7-28-26(25)15-29(35-28)30-27-13-21(17-34-31(27)37-36-30)20-11-23(39(3)4)18-33-16-20/h5-7,10-18,35H,8-9H2,1-4H3,(H,34,36,37). The number of hydrogen-bond donors (Lipinski definition) is 2. The maximum atomic E-state index is 14.6. The number of anilines is 1. The van der Waals surface area contributed by atoms with E-state index in [0.717, 1.165) is 62.2 Å². The first-order valence-corrected chi connectivity index (χ1v) is 13.0. The maximum absolute atomic E-state index is 14.6. The molecule has 9 heteroatoms. The monoisotopic (exact) mass is 535 g/mol. The van der Waals surface area contributed by atoms with Gasteiger partial charge in [-0.3, -0.25) is 10.1 Å². The second kappa shape index (κ2) is 10.4. The van der Waals surface area contributed by atoms with E-state index in [4.69, 9.17) is 4.74 Å². The maximum Gasteiger partial charge on any atom is 0.155 e. The van der Waals surface area contributed by atoms with Gasteiger partial charge in [0.15, 0.2) is 5.65 Å². The Morgan fingerprint density at radius 3 is 2.55 bits per heavy atom. The molecule has 0 aliphatic heterocycles. The molecule has 0 bridgehead atoms. The van der Waals surface area contributed by atoms with Gasteiger partial charge in [0.25, 0.3) is 0 Å². The van der Waals surface area contributed by atoms with Gasteiger partial charge in [-0.15, -0.1) is 0 Å². The lowest BCUT2D eigenvalue weighted by molar-refractivity contribution is 0.260. The van der Waals surface area contributed by atoms with Gasteiger partial charge in [0.05, 0.1) is 17.6 Å². The lowest BCUT2D eigenvalue weighted by atomic mass is 10.0. The first-order valence-electron chi connectivity index (χ1n) is 13.0. The molecule has 0 unspecified atom stereocenters. The van der Waals surface area contributed by atoms with Gasteiger partial charge in [-0.1, -0.05) is 12.1 Å². The van der Waals surface area contributed by atoms with Crippen LogP contribution in [0.5, 0.6) is 5.75 Å². The van der Waals surface area contributed by atoms with Gasteiger partial charge in [0.2, 0.25) is 0 Å². The van der Waals surface area contributed by atoms with E-state index in [2.05, 4.69) is 43.3 Å². The van der Waals surface area contributed by atoms with Crippen molar-refractivity contribution in [2.24, 2.45) is 0 Å². The van der Waals surface area contributed by atoms with Crippen LogP contribution in [0.1, 0.15) is 0 Å². The Morgan fingerprint density at radius 1 is 0.875 bits per heavy atom. The summed E-state index contributed by atoms with van der Waals surface area (Å²) in [5, 5.41) is 9.50. The molecule has 0 spiro atoms. The SMILES string of the molecule is CN(C)CCOc1cc(F)cc(-c2cccc3[nH]c(-c4n[nH]c5ncc(-c6cncc(N(C)C)c6)cc45)cc23)c1. The van der Waals surface area contributed by atoms with Crippen LogP contribution in [0.25, 0.3) is 55.6 Å². The highest BCUT2D eigenvalue weighted by Crippen LogP contribution is 2.36. The zero-order chi connectivity index (χ0) is 27.8. The number of aromatic nitrogens is 5. The molecular formula is C31H30FN7O. The Bertz CT molecular complexity index is 1820. The highest BCUT2D eigenvalue weighted by atomic mass is 19.1. The molecule has 4 heterocycles. The zero-order valence-electron chi connectivity index (χ0n) is 22.9. The number of aromatic amines is 2. The first kappa shape index (κ1) is 25.5. The van der Waals surface area contributed by atoms with Crippen molar-refractivity contribution >= 4 is 27.6 Å². The molecule has 202 valence electrons. The van der Waals surface area contributed by atoms with E-state index in [1.807, 2.05) is 80.8 Å². The quantitative estimate of drug-likeness (QED) is 0.249. The molecule has 0 aliphatic carbocycles. The Hall–Kier alpha value is -4.76. The number of rotatable bonds is 8. The Balaban J connectivity index is 1.39. The number of fused-ring (bicyclic) bond motifs is 2. The van der Waals surface area contributed by atoms with Crippen LogP contribution >= 0.6 is 0 Å². The van der Waals surface area contributed by atoms with Gasteiger partial charge in [-0.05, 0) is 61.6 Å². The summed E-state index contributed by atoms with van der Waals surface area (Å²) in [6, 6.07) is 17.0. The van der Waals surface area contributed by atoms with Crippen LogP contribution in [0, 0.1) is 5.82 Å². The number of hydrogen-bond acceptors (Lipinski definition) is 6. The Labute approximate surface area is 231 Å². The lowest BCUT2D eigenvalue weighted by Gasteiger charge is -2.12. The van der Waals surface area contributed by atoms with E-state index in [0.29, 0.717) is 18.0 Å². The molecule has 2 aromatic carbocycles. The van der Waals surface area contributed by atoms with Crippen LogP contribution in [-0.4, -0.2) is 71.4 Å². The number of ether oxygens (including phenoxy) is 1. The van der Waals surface area contributed by atoms with Crippen LogP contribution < -0.4 is 9.64 Å². The van der Waals surface area contributed by atoms with Crippen LogP contribution in [-0.2, 0) is 0 Å². The van der Waals surface area contributed by atoms with Crippen LogP contribution in [0.3, 0.4) is 0 Å². The molecule has 8 nitrogen and oxygen atoms in total. The van der Waals surface area contributed by atoms with E-state index in [1.54, 1.807) is 0 Å². The van der Waals surface area contributed by atoms with E-state index < -0.39 is 0 Å². The third kappa shape index (κ3) is 4.99. The minimum absolute atomic E-state index is 0.338. The summed E-state index contributed by atoms with van der Waals surface area (Å²) in [6.45, 7) is 1.22. The summed E-state index contributed by atoms with van der Waals surface area (Å²) in [4.78, 5) is 16.6. The second-order valence-corrected chi connectivity index (χ2v) is 10.3. The average molecular weight is 536 g/mol. The number of nitrogens with one attached hydrogen (secondary N) is 2. The van der Waals surface area contributed by atoms with Crippen molar-refractivity contribution in [3.63, 3.8) is 0 Å². The highest BCUT2D eigenvalue weighted by Gasteiger charge is 2.16. The fourth-order valence-corrected chi connectivity index (χ4v) is 4.78. The molecule has 0 saturated carbocycles. The molecule has 0 saturated heterocycles. The summed E-state index contributed by atoms with van der Waals surface area (Å²) in [6.07, 6.45) is 5.49. The van der Waals surface area contributed by atoms with Gasteiger partial charge in [-0.25, -0.2) is 9.37 Å². The average Bonchev–Trinajstić information content (AvgIpc) is 3.56. The Morgan fingerprint density at radius 2 is 1.73 bits per heavy atom. The highest BCUT2D eigenvalue weighted by molar-refractivity contribution is 6.01. The second-order valence-electron chi connectivity index (χ2n) is 10.3. The van der Waals surface area contributed by atoms with Crippen molar-refractivity contribution in [2.75, 3.05) is 46.2 Å². The summed E-state index contributed by atoms with van der Waals surface area (Å²) >= 11 is 0. The predicted octanol–water partition coefficient (Wildman–Crippen LogP) is 5.98. The molecule has 40 heavy (non-hydrogen) atoms. The topological polar surface area (TPSA) is 86.0 Å². The number of H-pyrrole nitrogens is 2. The molecule has 0 amide bonds. The lowest BCUT2D eigenvalue weighted by Crippen LogP contribution is -2.19. The molecule has 0 aliphatic rings. The minimum Gasteiger partial charge on any atom is -0.492 e. The van der Waals surface area contributed by atoms with Crippen molar-refractivity contribution < 1.29 is 9.13 Å². The van der Waals surface area contributed by atoms with Crippen LogP contribution in [0.2, 0.25) is 0 Å².